The van der Waals surface area contributed by atoms with E-state index in [1.807, 2.05) is 0 Å². The molecule has 42 valence electrons. The van der Waals surface area contributed by atoms with Crippen LogP contribution in [0.1, 0.15) is 6.92 Å². The third kappa shape index (κ3) is 4.76. The van der Waals surface area contributed by atoms with Gasteiger partial charge in [-0.2, -0.15) is 0 Å². The molecule has 0 aliphatic carbocycles. The van der Waals surface area contributed by atoms with E-state index in [2.05, 4.69) is 15.9 Å². The molecule has 0 aromatic rings. The van der Waals surface area contributed by atoms with E-state index in [1.165, 1.54) is 11.9 Å². The predicted octanol–water partition coefficient (Wildman–Crippen LogP) is -0.346. The number of carbonyl (C=O) groups is 1. The van der Waals surface area contributed by atoms with Gasteiger partial charge in [-0.25, -0.2) is 0 Å². The topological polar surface area (TPSA) is 40.1 Å². The Morgan fingerprint density at radius 1 is 1.75 bits per heavy atom. The van der Waals surface area contributed by atoms with Gasteiger partial charge < -0.3 is 9.90 Å². The van der Waals surface area contributed by atoms with E-state index in [1.54, 1.807) is 0 Å². The zero-order valence-corrected chi connectivity index (χ0v) is 10.4. The molecule has 0 N–H and O–H groups in total. The van der Waals surface area contributed by atoms with Gasteiger partial charge in [0.1, 0.15) is 0 Å². The number of hydrogen-bond donors (Lipinski definition) is 0. The van der Waals surface area contributed by atoms with Crippen LogP contribution in [0.5, 0.6) is 0 Å². The van der Waals surface area contributed by atoms with Crippen molar-refractivity contribution in [2.24, 2.45) is 0 Å². The smallest absolute Gasteiger partial charge is 0.545 e. The molecule has 0 rings (SSSR count). The molecular weight excluding hydrogens is 364 g/mol. The van der Waals surface area contributed by atoms with Crippen molar-refractivity contribution in [1.82, 2.24) is 0 Å². The maximum atomic E-state index is 9.72. The normalized spacial score (nSPS) is 10.0. The maximum absolute atomic E-state index is 9.72. The zero-order valence-electron chi connectivity index (χ0n) is 4.35. The van der Waals surface area contributed by atoms with Crippen molar-refractivity contribution in [3.63, 3.8) is 0 Å². The van der Waals surface area contributed by atoms with Crippen molar-refractivity contribution in [1.29, 1.82) is 0 Å². The van der Waals surface area contributed by atoms with Gasteiger partial charge in [0.05, 0.1) is 5.97 Å². The number of carboxylic acid groups (broad SMARTS) is 1. The summed E-state index contributed by atoms with van der Waals surface area (Å²) in [5.74, 6) is -1.14. The molecular formula is C4H4BrO2Tl. The van der Waals surface area contributed by atoms with Crippen LogP contribution in [0.25, 0.3) is 0 Å². The van der Waals surface area contributed by atoms with E-state index in [0.29, 0.717) is 0 Å². The Morgan fingerprint density at radius 3 is 2.12 bits per heavy atom. The number of rotatable bonds is 1. The summed E-state index contributed by atoms with van der Waals surface area (Å²) in [7, 11) is 0. The predicted molar refractivity (Wildman–Crippen MR) is 33.4 cm³/mol. The summed E-state index contributed by atoms with van der Waals surface area (Å²) < 4.78 is 0. The van der Waals surface area contributed by atoms with Crippen LogP contribution in [0.2, 0.25) is 0 Å². The Balaban J connectivity index is 0. The molecule has 0 saturated carbocycles. The summed E-state index contributed by atoms with van der Waals surface area (Å²) in [6.45, 7) is 1.45. The van der Waals surface area contributed by atoms with Gasteiger partial charge in [0.25, 0.3) is 0 Å². The molecule has 0 amide bonds. The van der Waals surface area contributed by atoms with Crippen molar-refractivity contribution in [2.75, 3.05) is 0 Å². The Morgan fingerprint density at radius 2 is 2.12 bits per heavy atom. The summed E-state index contributed by atoms with van der Waals surface area (Å²) in [5, 5.41) is 9.72. The third-order valence-corrected chi connectivity index (χ3v) is 1.17. The van der Waals surface area contributed by atoms with E-state index in [-0.39, 0.29) is 32.9 Å². The molecule has 0 aliphatic rings. The number of aliphatic carboxylic acids is 1. The first kappa shape index (κ1) is 11.4. The molecule has 0 aliphatic heterocycles. The number of halogens is 1. The van der Waals surface area contributed by atoms with Gasteiger partial charge in [-0.3, -0.25) is 0 Å². The molecule has 0 saturated heterocycles. The first-order valence-corrected chi connectivity index (χ1v) is 2.58. The van der Waals surface area contributed by atoms with Crippen LogP contribution in [0.15, 0.2) is 10.6 Å². The molecule has 2 nitrogen and oxygen atoms in total. The second kappa shape index (κ2) is 5.74. The van der Waals surface area contributed by atoms with Gasteiger partial charge >= 0.3 is 27.3 Å². The fourth-order valence-corrected chi connectivity index (χ4v) is 0.231. The van der Waals surface area contributed by atoms with Gasteiger partial charge in [-0.1, -0.05) is 15.9 Å². The summed E-state index contributed by atoms with van der Waals surface area (Å²) in [5.41, 5.74) is 0.194. The number of hydrogen-bond acceptors (Lipinski definition) is 2. The van der Waals surface area contributed by atoms with Crippen LogP contribution in [0.4, 0.5) is 0 Å². The fraction of sp³-hybridized carbons (Fsp3) is 0.250. The van der Waals surface area contributed by atoms with Gasteiger partial charge in [-0.15, -0.1) is 0 Å². The first-order chi connectivity index (χ1) is 3.18. The standard InChI is InChI=1S/C4H5BrO2.Tl/c1-3(2-5)4(6)7;/h2H,1H3,(H,6,7);/q;+1/p-1/b3-2+;. The molecule has 0 bridgehead atoms. The molecule has 4 heteroatoms. The molecule has 0 aromatic heterocycles. The van der Waals surface area contributed by atoms with E-state index in [9.17, 15) is 9.90 Å². The summed E-state index contributed by atoms with van der Waals surface area (Å²) >= 11 is 2.83. The zero-order chi connectivity index (χ0) is 5.86. The molecule has 0 aromatic carbocycles. The van der Waals surface area contributed by atoms with Crippen LogP contribution in [-0.4, -0.2) is 33.3 Å². The van der Waals surface area contributed by atoms with Crippen molar-refractivity contribution in [2.45, 2.75) is 6.92 Å². The molecule has 0 heterocycles. The number of carbonyl (C=O) groups excluding carboxylic acids is 1. The fourth-order valence-electron chi connectivity index (χ4n) is 0.0445. The SMILES string of the molecule is C/C(=C\Br)C(=O)[O-].[Tl+]. The van der Waals surface area contributed by atoms with Crippen molar-refractivity contribution >= 4 is 49.2 Å². The van der Waals surface area contributed by atoms with Crippen molar-refractivity contribution in [3.05, 3.63) is 10.6 Å². The largest absolute Gasteiger partial charge is 1.00 e. The first-order valence-electron chi connectivity index (χ1n) is 1.67. The van der Waals surface area contributed by atoms with Crippen LogP contribution < -0.4 is 5.11 Å². The van der Waals surface area contributed by atoms with Crippen LogP contribution in [-0.2, 0) is 4.79 Å². The average Bonchev–Trinajstić information content (AvgIpc) is 1.65. The van der Waals surface area contributed by atoms with E-state index < -0.39 is 5.97 Å². The van der Waals surface area contributed by atoms with Gasteiger partial charge in [0, 0.05) is 0 Å². The van der Waals surface area contributed by atoms with Gasteiger partial charge in [-0.05, 0) is 17.5 Å². The molecule has 0 unspecified atom stereocenters. The van der Waals surface area contributed by atoms with Gasteiger partial charge in [0.2, 0.25) is 0 Å². The van der Waals surface area contributed by atoms with Crippen molar-refractivity contribution < 1.29 is 9.90 Å². The Bertz CT molecular complexity index is 111. The van der Waals surface area contributed by atoms with Crippen LogP contribution in [0, 0.1) is 0 Å². The molecule has 8 heavy (non-hydrogen) atoms. The van der Waals surface area contributed by atoms with E-state index in [4.69, 9.17) is 0 Å². The van der Waals surface area contributed by atoms with Crippen LogP contribution in [0.3, 0.4) is 0 Å². The number of carboxylic acids is 1. The monoisotopic (exact) mass is 368 g/mol. The molecule has 0 spiro atoms. The summed E-state index contributed by atoms with van der Waals surface area (Å²) in [6, 6.07) is 0. The molecule has 0 fully saturated rings. The Kier molecular flexibility index (Phi) is 8.19. The van der Waals surface area contributed by atoms with E-state index in [0.717, 1.165) is 0 Å². The molecule has 0 atom stereocenters. The molecule has 0 radical (unpaired) electrons. The second-order valence-electron chi connectivity index (χ2n) is 1.08. The van der Waals surface area contributed by atoms with E-state index >= 15 is 0 Å². The van der Waals surface area contributed by atoms with Crippen molar-refractivity contribution in [3.8, 4) is 0 Å². The second-order valence-corrected chi connectivity index (χ2v) is 1.54. The maximum Gasteiger partial charge on any atom is 1.00 e. The minimum atomic E-state index is -1.14. The Hall–Kier alpha value is 0.612. The quantitative estimate of drug-likeness (QED) is 0.469. The summed E-state index contributed by atoms with van der Waals surface area (Å²) in [6.07, 6.45) is 0. The summed E-state index contributed by atoms with van der Waals surface area (Å²) in [4.78, 5) is 11.0. The average molecular weight is 368 g/mol. The van der Waals surface area contributed by atoms with Crippen LogP contribution >= 0.6 is 15.9 Å². The minimum Gasteiger partial charge on any atom is -0.545 e. The minimum absolute atomic E-state index is 0. The Labute approximate surface area is 76.3 Å². The van der Waals surface area contributed by atoms with Gasteiger partial charge in [0.15, 0.2) is 0 Å². The third-order valence-electron chi connectivity index (χ3n) is 0.486.